The van der Waals surface area contributed by atoms with Crippen molar-refractivity contribution in [1.82, 2.24) is 9.62 Å². The van der Waals surface area contributed by atoms with Crippen LogP contribution in [0.25, 0.3) is 0 Å². The molecule has 2 aromatic carbocycles. The molecule has 0 aliphatic carbocycles. The van der Waals surface area contributed by atoms with Gasteiger partial charge in [-0.05, 0) is 55.5 Å². The van der Waals surface area contributed by atoms with Gasteiger partial charge in [0.1, 0.15) is 18.1 Å². The molecule has 0 saturated carbocycles. The summed E-state index contributed by atoms with van der Waals surface area (Å²) in [4.78, 5) is 12.3. The molecule has 1 atom stereocenters. The fourth-order valence-corrected chi connectivity index (χ4v) is 3.58. The summed E-state index contributed by atoms with van der Waals surface area (Å²) in [5.74, 6) is 0.939. The van der Waals surface area contributed by atoms with Crippen LogP contribution in [0.2, 0.25) is 5.02 Å². The predicted molar refractivity (Wildman–Crippen MR) is 107 cm³/mol. The first-order valence-electron chi connectivity index (χ1n) is 8.50. The lowest BCUT2D eigenvalue weighted by Gasteiger charge is -2.19. The Morgan fingerprint density at radius 3 is 2.25 bits per heavy atom. The molecule has 0 fully saturated rings. The Balaban J connectivity index is 1.85. The number of benzene rings is 2. The van der Waals surface area contributed by atoms with Gasteiger partial charge in [0.05, 0.1) is 24.6 Å². The minimum Gasteiger partial charge on any atom is -0.497 e. The van der Waals surface area contributed by atoms with Crippen LogP contribution in [-0.4, -0.2) is 52.0 Å². The molecule has 1 N–H and O–H groups in total. The fourth-order valence-electron chi connectivity index (χ4n) is 2.33. The third kappa shape index (κ3) is 6.12. The number of hydrogen-bond donors (Lipinski definition) is 1. The fraction of sp³-hybridized carbons (Fsp3) is 0.316. The Kier molecular flexibility index (Phi) is 7.68. The second-order valence-corrected chi connectivity index (χ2v) is 8.65. The first kappa shape index (κ1) is 22.0. The first-order valence-corrected chi connectivity index (χ1v) is 10.3. The molecule has 0 aromatic heterocycles. The number of methoxy groups -OCH3 is 1. The maximum Gasteiger partial charge on any atom is 0.243 e. The number of nitrogens with zero attached hydrogens (tertiary/aromatic N) is 1. The molecule has 0 bridgehead atoms. The summed E-state index contributed by atoms with van der Waals surface area (Å²) < 4.78 is 36.7. The number of sulfonamides is 1. The molecular formula is C19H23ClN2O5S. The van der Waals surface area contributed by atoms with E-state index in [9.17, 15) is 13.2 Å². The van der Waals surface area contributed by atoms with E-state index in [1.807, 2.05) is 0 Å². The van der Waals surface area contributed by atoms with Crippen LogP contribution in [0.1, 0.15) is 6.92 Å². The summed E-state index contributed by atoms with van der Waals surface area (Å²) in [5.41, 5.74) is 0. The van der Waals surface area contributed by atoms with Gasteiger partial charge < -0.3 is 14.8 Å². The van der Waals surface area contributed by atoms with E-state index >= 15 is 0 Å². The maximum absolute atomic E-state index is 12.5. The van der Waals surface area contributed by atoms with E-state index < -0.39 is 15.9 Å². The second-order valence-electron chi connectivity index (χ2n) is 6.17. The van der Waals surface area contributed by atoms with Crippen molar-refractivity contribution in [3.63, 3.8) is 0 Å². The number of carbonyl (C=O) groups excluding carboxylic acids is 1. The summed E-state index contributed by atoms with van der Waals surface area (Å²) in [6, 6.07) is 12.5. The molecule has 7 nitrogen and oxygen atoms in total. The van der Waals surface area contributed by atoms with Gasteiger partial charge in [0.25, 0.3) is 0 Å². The monoisotopic (exact) mass is 426 g/mol. The summed E-state index contributed by atoms with van der Waals surface area (Å²) >= 11 is 5.78. The highest BCUT2D eigenvalue weighted by Crippen LogP contribution is 2.18. The van der Waals surface area contributed by atoms with Crippen molar-refractivity contribution < 1.29 is 22.7 Å². The molecule has 2 rings (SSSR count). The van der Waals surface area contributed by atoms with Gasteiger partial charge in [-0.3, -0.25) is 4.79 Å². The second kappa shape index (κ2) is 9.77. The van der Waals surface area contributed by atoms with Crippen LogP contribution in [0.4, 0.5) is 0 Å². The number of rotatable bonds is 9. The molecule has 0 heterocycles. The van der Waals surface area contributed by atoms with Crippen LogP contribution in [0, 0.1) is 0 Å². The SMILES string of the molecule is COc1ccc(OCC(C)NC(=O)CN(C)S(=O)(=O)c2ccc(Cl)cc2)cc1. The lowest BCUT2D eigenvalue weighted by molar-refractivity contribution is -0.121. The van der Waals surface area contributed by atoms with Gasteiger partial charge >= 0.3 is 0 Å². The van der Waals surface area contributed by atoms with E-state index in [2.05, 4.69) is 5.32 Å². The van der Waals surface area contributed by atoms with Crippen LogP contribution in [0.15, 0.2) is 53.4 Å². The highest BCUT2D eigenvalue weighted by molar-refractivity contribution is 7.89. The summed E-state index contributed by atoms with van der Waals surface area (Å²) in [7, 11) is -0.848. The van der Waals surface area contributed by atoms with E-state index in [1.54, 1.807) is 38.3 Å². The number of ether oxygens (including phenoxy) is 2. The lowest BCUT2D eigenvalue weighted by atomic mass is 10.3. The summed E-state index contributed by atoms with van der Waals surface area (Å²) in [6.07, 6.45) is 0. The molecule has 152 valence electrons. The Bertz CT molecular complexity index is 886. The first-order chi connectivity index (χ1) is 13.2. The average Bonchev–Trinajstić information content (AvgIpc) is 2.67. The Morgan fingerprint density at radius 1 is 1.11 bits per heavy atom. The van der Waals surface area contributed by atoms with Crippen molar-refractivity contribution in [3.8, 4) is 11.5 Å². The van der Waals surface area contributed by atoms with Gasteiger partial charge in [0.15, 0.2) is 0 Å². The van der Waals surface area contributed by atoms with Gasteiger partial charge in [-0.25, -0.2) is 8.42 Å². The van der Waals surface area contributed by atoms with Crippen LogP contribution in [0.3, 0.4) is 0 Å². The normalized spacial score (nSPS) is 12.5. The van der Waals surface area contributed by atoms with Gasteiger partial charge in [0.2, 0.25) is 15.9 Å². The van der Waals surface area contributed by atoms with E-state index in [4.69, 9.17) is 21.1 Å². The Labute approximate surface area is 170 Å². The van der Waals surface area contributed by atoms with Crippen LogP contribution < -0.4 is 14.8 Å². The van der Waals surface area contributed by atoms with E-state index in [0.717, 1.165) is 10.1 Å². The van der Waals surface area contributed by atoms with E-state index in [1.165, 1.54) is 31.3 Å². The molecular weight excluding hydrogens is 404 g/mol. The van der Waals surface area contributed by atoms with Crippen molar-refractivity contribution in [2.75, 3.05) is 27.3 Å². The average molecular weight is 427 g/mol. The Morgan fingerprint density at radius 2 is 1.68 bits per heavy atom. The van der Waals surface area contributed by atoms with Crippen molar-refractivity contribution in [2.24, 2.45) is 0 Å². The zero-order valence-electron chi connectivity index (χ0n) is 15.9. The molecule has 0 radical (unpaired) electrons. The Hall–Kier alpha value is -2.29. The molecule has 1 amide bonds. The van der Waals surface area contributed by atoms with E-state index in [0.29, 0.717) is 10.8 Å². The third-order valence-electron chi connectivity index (χ3n) is 3.85. The quantitative estimate of drug-likeness (QED) is 0.666. The van der Waals surface area contributed by atoms with Crippen molar-refractivity contribution in [2.45, 2.75) is 17.9 Å². The number of amides is 1. The molecule has 0 aliphatic heterocycles. The number of halogens is 1. The van der Waals surface area contributed by atoms with Crippen molar-refractivity contribution in [1.29, 1.82) is 0 Å². The third-order valence-corrected chi connectivity index (χ3v) is 5.92. The number of likely N-dealkylation sites (N-methyl/N-ethyl adjacent to an activating group) is 1. The van der Waals surface area contributed by atoms with Gasteiger partial charge in [-0.2, -0.15) is 4.31 Å². The summed E-state index contributed by atoms with van der Waals surface area (Å²) in [6.45, 7) is 1.71. The topological polar surface area (TPSA) is 84.9 Å². The summed E-state index contributed by atoms with van der Waals surface area (Å²) in [5, 5.41) is 3.16. The van der Waals surface area contributed by atoms with Crippen molar-refractivity contribution in [3.05, 3.63) is 53.6 Å². The zero-order chi connectivity index (χ0) is 20.7. The van der Waals surface area contributed by atoms with Gasteiger partial charge in [0, 0.05) is 12.1 Å². The van der Waals surface area contributed by atoms with Crippen LogP contribution in [0.5, 0.6) is 11.5 Å². The standard InChI is InChI=1S/C19H23ClN2O5S/c1-14(13-27-17-8-6-16(26-3)7-9-17)21-19(23)12-22(2)28(24,25)18-10-4-15(20)5-11-18/h4-11,14H,12-13H2,1-3H3,(H,21,23). The van der Waals surface area contributed by atoms with Gasteiger partial charge in [-0.15, -0.1) is 0 Å². The highest BCUT2D eigenvalue weighted by Gasteiger charge is 2.23. The maximum atomic E-state index is 12.5. The lowest BCUT2D eigenvalue weighted by Crippen LogP contribution is -2.43. The smallest absolute Gasteiger partial charge is 0.243 e. The molecule has 9 heteroatoms. The molecule has 2 aromatic rings. The molecule has 0 saturated heterocycles. The number of carbonyl (C=O) groups is 1. The minimum atomic E-state index is -3.78. The van der Waals surface area contributed by atoms with Crippen LogP contribution in [-0.2, 0) is 14.8 Å². The van der Waals surface area contributed by atoms with Gasteiger partial charge in [-0.1, -0.05) is 11.6 Å². The minimum absolute atomic E-state index is 0.0723. The largest absolute Gasteiger partial charge is 0.497 e. The molecule has 1 unspecified atom stereocenters. The van der Waals surface area contributed by atoms with Crippen molar-refractivity contribution >= 4 is 27.5 Å². The molecule has 28 heavy (non-hydrogen) atoms. The van der Waals surface area contributed by atoms with E-state index in [-0.39, 0.29) is 24.1 Å². The predicted octanol–water partition coefficient (Wildman–Crippen LogP) is 2.55. The zero-order valence-corrected chi connectivity index (χ0v) is 17.5. The number of hydrogen-bond acceptors (Lipinski definition) is 5. The van der Waals surface area contributed by atoms with Crippen LogP contribution >= 0.6 is 11.6 Å². The molecule has 0 spiro atoms. The highest BCUT2D eigenvalue weighted by atomic mass is 35.5. The number of nitrogens with one attached hydrogen (secondary N) is 1. The molecule has 0 aliphatic rings.